The topological polar surface area (TPSA) is 64.2 Å². The van der Waals surface area contributed by atoms with E-state index in [2.05, 4.69) is 4.98 Å². The summed E-state index contributed by atoms with van der Waals surface area (Å²) in [7, 11) is 3.17. The van der Waals surface area contributed by atoms with E-state index in [0.29, 0.717) is 22.7 Å². The largest absolute Gasteiger partial charge is 0.493 e. The number of hydrogen-bond donors (Lipinski definition) is 1. The lowest BCUT2D eigenvalue weighted by Crippen LogP contribution is -2.09. The number of ether oxygens (including phenoxy) is 2. The Hall–Kier alpha value is -2.64. The maximum absolute atomic E-state index is 12.8. The Morgan fingerprint density at radius 2 is 1.92 bits per heavy atom. The van der Waals surface area contributed by atoms with Gasteiger partial charge in [0.2, 0.25) is 0 Å². The first-order valence-corrected chi connectivity index (χ1v) is 9.61. The summed E-state index contributed by atoms with van der Waals surface area (Å²) in [4.78, 5) is 23.4. The summed E-state index contributed by atoms with van der Waals surface area (Å²) in [5, 5.41) is 2.66. The van der Waals surface area contributed by atoms with E-state index in [9.17, 15) is 4.79 Å². The van der Waals surface area contributed by atoms with Gasteiger partial charge in [0.15, 0.2) is 11.5 Å². The Balaban J connectivity index is 1.91. The normalized spacial score (nSPS) is 11.0. The SMILES string of the molecule is COc1ccc(-c2nc3sc(C)c(-c4cccs4)c3c(=O)[nH]2)cc1OC. The molecular formula is C19H16N2O3S2. The van der Waals surface area contributed by atoms with Crippen molar-refractivity contribution < 1.29 is 9.47 Å². The molecule has 0 aliphatic rings. The van der Waals surface area contributed by atoms with E-state index in [1.807, 2.05) is 36.6 Å². The number of thiophene rings is 2. The molecule has 0 unspecified atom stereocenters. The number of nitrogens with zero attached hydrogens (tertiary/aromatic N) is 1. The van der Waals surface area contributed by atoms with Crippen molar-refractivity contribution in [3.63, 3.8) is 0 Å². The van der Waals surface area contributed by atoms with Gasteiger partial charge >= 0.3 is 0 Å². The van der Waals surface area contributed by atoms with Crippen molar-refractivity contribution in [2.45, 2.75) is 6.92 Å². The number of nitrogens with one attached hydrogen (secondary N) is 1. The highest BCUT2D eigenvalue weighted by molar-refractivity contribution is 7.20. The number of rotatable bonds is 4. The van der Waals surface area contributed by atoms with Crippen molar-refractivity contribution in [3.8, 4) is 33.3 Å². The number of aryl methyl sites for hydroxylation is 1. The van der Waals surface area contributed by atoms with Crippen LogP contribution in [0.25, 0.3) is 32.0 Å². The first kappa shape index (κ1) is 16.8. The lowest BCUT2D eigenvalue weighted by molar-refractivity contribution is 0.355. The molecule has 3 heterocycles. The fourth-order valence-electron chi connectivity index (χ4n) is 2.96. The third-order valence-electron chi connectivity index (χ3n) is 4.16. The van der Waals surface area contributed by atoms with Crippen LogP contribution in [0.15, 0.2) is 40.5 Å². The van der Waals surface area contributed by atoms with Crippen molar-refractivity contribution >= 4 is 32.9 Å². The van der Waals surface area contributed by atoms with Gasteiger partial charge in [0.1, 0.15) is 10.7 Å². The quantitative estimate of drug-likeness (QED) is 0.554. The minimum atomic E-state index is -0.132. The number of hydrogen-bond acceptors (Lipinski definition) is 6. The summed E-state index contributed by atoms with van der Waals surface area (Å²) in [5.74, 6) is 1.74. The molecule has 0 amide bonds. The van der Waals surface area contributed by atoms with Gasteiger partial charge in [-0.25, -0.2) is 4.98 Å². The second-order valence-electron chi connectivity index (χ2n) is 5.67. The predicted molar refractivity (Wildman–Crippen MR) is 107 cm³/mol. The monoisotopic (exact) mass is 384 g/mol. The molecule has 26 heavy (non-hydrogen) atoms. The van der Waals surface area contributed by atoms with Crippen LogP contribution in [-0.4, -0.2) is 24.2 Å². The van der Waals surface area contributed by atoms with Crippen molar-refractivity contribution in [1.29, 1.82) is 0 Å². The molecule has 132 valence electrons. The van der Waals surface area contributed by atoms with Gasteiger partial charge < -0.3 is 14.5 Å². The van der Waals surface area contributed by atoms with E-state index in [1.165, 1.54) is 11.3 Å². The molecule has 0 aliphatic heterocycles. The molecule has 0 bridgehead atoms. The van der Waals surface area contributed by atoms with E-state index >= 15 is 0 Å². The Kier molecular flexibility index (Phi) is 4.26. The molecule has 4 aromatic rings. The molecule has 7 heteroatoms. The van der Waals surface area contributed by atoms with E-state index in [1.54, 1.807) is 31.6 Å². The molecule has 3 aromatic heterocycles. The summed E-state index contributed by atoms with van der Waals surface area (Å²) in [6, 6.07) is 9.48. The van der Waals surface area contributed by atoms with Crippen LogP contribution in [0.5, 0.6) is 11.5 Å². The van der Waals surface area contributed by atoms with Crippen molar-refractivity contribution in [2.75, 3.05) is 14.2 Å². The zero-order chi connectivity index (χ0) is 18.3. The van der Waals surface area contributed by atoms with Crippen LogP contribution in [0, 0.1) is 6.92 Å². The van der Waals surface area contributed by atoms with Crippen LogP contribution in [0.4, 0.5) is 0 Å². The fraction of sp³-hybridized carbons (Fsp3) is 0.158. The van der Waals surface area contributed by atoms with Gasteiger partial charge in [-0.2, -0.15) is 0 Å². The lowest BCUT2D eigenvalue weighted by Gasteiger charge is -2.09. The van der Waals surface area contributed by atoms with Gasteiger partial charge in [-0.1, -0.05) is 6.07 Å². The minimum absolute atomic E-state index is 0.132. The smallest absolute Gasteiger partial charge is 0.260 e. The molecule has 0 radical (unpaired) electrons. The maximum atomic E-state index is 12.8. The predicted octanol–water partition coefficient (Wildman–Crippen LogP) is 4.71. The van der Waals surface area contributed by atoms with E-state index in [-0.39, 0.29) is 5.56 Å². The van der Waals surface area contributed by atoms with E-state index < -0.39 is 0 Å². The number of fused-ring (bicyclic) bond motifs is 1. The number of aromatic amines is 1. The van der Waals surface area contributed by atoms with Crippen molar-refractivity contribution in [2.24, 2.45) is 0 Å². The van der Waals surface area contributed by atoms with Crippen LogP contribution in [-0.2, 0) is 0 Å². The van der Waals surface area contributed by atoms with E-state index in [4.69, 9.17) is 14.5 Å². The molecule has 5 nitrogen and oxygen atoms in total. The summed E-state index contributed by atoms with van der Waals surface area (Å²) < 4.78 is 10.6. The first-order chi connectivity index (χ1) is 12.6. The zero-order valence-corrected chi connectivity index (χ0v) is 16.1. The van der Waals surface area contributed by atoms with Gasteiger partial charge in [0.05, 0.1) is 19.6 Å². The van der Waals surface area contributed by atoms with Crippen molar-refractivity contribution in [3.05, 3.63) is 50.9 Å². The first-order valence-electron chi connectivity index (χ1n) is 7.92. The highest BCUT2D eigenvalue weighted by atomic mass is 32.1. The summed E-state index contributed by atoms with van der Waals surface area (Å²) in [5.41, 5.74) is 1.62. The Labute approximate surface area is 157 Å². The molecule has 0 aliphatic carbocycles. The van der Waals surface area contributed by atoms with E-state index in [0.717, 1.165) is 25.7 Å². The summed E-state index contributed by atoms with van der Waals surface area (Å²) in [6.07, 6.45) is 0. The van der Waals surface area contributed by atoms with Crippen LogP contribution in [0.2, 0.25) is 0 Å². The Morgan fingerprint density at radius 3 is 2.62 bits per heavy atom. The van der Waals surface area contributed by atoms with Gasteiger partial charge in [-0.15, -0.1) is 22.7 Å². The minimum Gasteiger partial charge on any atom is -0.493 e. The molecule has 0 saturated heterocycles. The fourth-order valence-corrected chi connectivity index (χ4v) is 4.89. The molecule has 4 rings (SSSR count). The van der Waals surface area contributed by atoms with Gasteiger partial charge in [-0.05, 0) is 36.6 Å². The van der Waals surface area contributed by atoms with Crippen molar-refractivity contribution in [1.82, 2.24) is 9.97 Å². The molecule has 0 atom stereocenters. The Bertz CT molecular complexity index is 1140. The molecule has 0 fully saturated rings. The molecular weight excluding hydrogens is 368 g/mol. The molecule has 0 spiro atoms. The van der Waals surface area contributed by atoms with Crippen LogP contribution < -0.4 is 15.0 Å². The lowest BCUT2D eigenvalue weighted by atomic mass is 10.1. The number of methoxy groups -OCH3 is 2. The average molecular weight is 384 g/mol. The summed E-state index contributed by atoms with van der Waals surface area (Å²) >= 11 is 3.16. The van der Waals surface area contributed by atoms with Gasteiger partial charge in [-0.3, -0.25) is 4.79 Å². The standard InChI is InChI=1S/C19H16N2O3S2/c1-10-15(14-5-4-8-25-14)16-18(22)20-17(21-19(16)26-10)11-6-7-12(23-2)13(9-11)24-3/h4-9H,1-3H3,(H,20,21,22). The zero-order valence-electron chi connectivity index (χ0n) is 14.5. The summed E-state index contributed by atoms with van der Waals surface area (Å²) in [6.45, 7) is 2.02. The van der Waals surface area contributed by atoms with Crippen LogP contribution in [0.1, 0.15) is 4.88 Å². The number of benzene rings is 1. The van der Waals surface area contributed by atoms with Crippen LogP contribution in [0.3, 0.4) is 0 Å². The second-order valence-corrected chi connectivity index (χ2v) is 7.83. The molecule has 0 saturated carbocycles. The molecule has 1 N–H and O–H groups in total. The highest BCUT2D eigenvalue weighted by Crippen LogP contribution is 2.38. The second kappa shape index (κ2) is 6.59. The van der Waals surface area contributed by atoms with Gasteiger partial charge in [0, 0.05) is 20.9 Å². The maximum Gasteiger partial charge on any atom is 0.260 e. The highest BCUT2D eigenvalue weighted by Gasteiger charge is 2.18. The van der Waals surface area contributed by atoms with Crippen LogP contribution >= 0.6 is 22.7 Å². The third kappa shape index (κ3) is 2.69. The molecule has 1 aromatic carbocycles. The Morgan fingerprint density at radius 1 is 1.12 bits per heavy atom. The average Bonchev–Trinajstić information content (AvgIpc) is 3.27. The van der Waals surface area contributed by atoms with Gasteiger partial charge in [0.25, 0.3) is 5.56 Å². The number of H-pyrrole nitrogens is 1. The number of aromatic nitrogens is 2. The third-order valence-corrected chi connectivity index (χ3v) is 6.05.